The number of rotatable bonds is 2. The smallest absolute Gasteiger partial charge is 0.0794 e. The number of likely N-dealkylation sites (tertiary alicyclic amines) is 1. The molecule has 0 amide bonds. The van der Waals surface area contributed by atoms with Gasteiger partial charge in [0, 0.05) is 12.5 Å². The average Bonchev–Trinajstić information content (AvgIpc) is 2.17. The molecule has 0 radical (unpaired) electrons. The van der Waals surface area contributed by atoms with E-state index in [-0.39, 0.29) is 0 Å². The fraction of sp³-hybridized carbons (Fsp3) is 1.00. The Kier molecular flexibility index (Phi) is 2.49. The first-order valence-electron chi connectivity index (χ1n) is 3.79. The van der Waals surface area contributed by atoms with Crippen molar-refractivity contribution in [2.24, 2.45) is 5.92 Å². The van der Waals surface area contributed by atoms with Gasteiger partial charge in [0.2, 0.25) is 0 Å². The number of nitrogens with zero attached hydrogens (tertiary/aromatic N) is 1. The molecule has 0 aromatic carbocycles. The summed E-state index contributed by atoms with van der Waals surface area (Å²) in [4.78, 5) is 2.41. The molecular formula is C7H17N2+. The minimum atomic E-state index is 0.958. The van der Waals surface area contributed by atoms with Crippen molar-refractivity contribution in [2.45, 2.75) is 6.42 Å². The second-order valence-electron chi connectivity index (χ2n) is 3.06. The second-order valence-corrected chi connectivity index (χ2v) is 3.06. The van der Waals surface area contributed by atoms with E-state index in [1.807, 2.05) is 0 Å². The van der Waals surface area contributed by atoms with Gasteiger partial charge in [0.05, 0.1) is 13.6 Å². The molecule has 1 fully saturated rings. The minimum Gasteiger partial charge on any atom is -0.348 e. The van der Waals surface area contributed by atoms with E-state index in [0.717, 1.165) is 5.92 Å². The predicted molar refractivity (Wildman–Crippen MR) is 38.3 cm³/mol. The van der Waals surface area contributed by atoms with Crippen LogP contribution >= 0.6 is 0 Å². The van der Waals surface area contributed by atoms with Crippen LogP contribution in [0.1, 0.15) is 6.42 Å². The van der Waals surface area contributed by atoms with E-state index in [1.165, 1.54) is 26.1 Å². The summed E-state index contributed by atoms with van der Waals surface area (Å²) in [5.74, 6) is 0.958. The molecule has 2 nitrogen and oxygen atoms in total. The van der Waals surface area contributed by atoms with Gasteiger partial charge in [-0.25, -0.2) is 0 Å². The maximum Gasteiger partial charge on any atom is 0.0794 e. The highest BCUT2D eigenvalue weighted by molar-refractivity contribution is 4.70. The fourth-order valence-corrected chi connectivity index (χ4v) is 1.55. The largest absolute Gasteiger partial charge is 0.348 e. The van der Waals surface area contributed by atoms with Gasteiger partial charge < -0.3 is 10.2 Å². The average molecular weight is 129 g/mol. The van der Waals surface area contributed by atoms with Gasteiger partial charge in [0.1, 0.15) is 0 Å². The molecule has 1 aliphatic heterocycles. The van der Waals surface area contributed by atoms with Crippen LogP contribution in [0.15, 0.2) is 0 Å². The van der Waals surface area contributed by atoms with Crippen molar-refractivity contribution in [2.75, 3.05) is 33.7 Å². The number of nitrogens with two attached hydrogens (primary N) is 1. The molecule has 0 bridgehead atoms. The standard InChI is InChI=1S/C7H16N2/c1-8-5-7-3-4-9(2)6-7/h7-8H,3-6H2,1-2H3/p+1. The Labute approximate surface area is 57.2 Å². The van der Waals surface area contributed by atoms with Gasteiger partial charge in [-0.15, -0.1) is 0 Å². The normalized spacial score (nSPS) is 29.3. The number of quaternary nitrogens is 1. The van der Waals surface area contributed by atoms with Crippen molar-refractivity contribution in [3.05, 3.63) is 0 Å². The van der Waals surface area contributed by atoms with Crippen molar-refractivity contribution in [1.29, 1.82) is 0 Å². The zero-order valence-electron chi connectivity index (χ0n) is 6.43. The summed E-state index contributed by atoms with van der Waals surface area (Å²) in [5.41, 5.74) is 0. The molecule has 0 aromatic heterocycles. The van der Waals surface area contributed by atoms with E-state index in [0.29, 0.717) is 0 Å². The summed E-state index contributed by atoms with van der Waals surface area (Å²) in [6.45, 7) is 3.92. The molecule has 0 aliphatic carbocycles. The molecule has 0 saturated carbocycles. The van der Waals surface area contributed by atoms with Gasteiger partial charge in [-0.3, -0.25) is 0 Å². The Morgan fingerprint density at radius 3 is 2.89 bits per heavy atom. The molecule has 0 aromatic rings. The van der Waals surface area contributed by atoms with Gasteiger partial charge in [0.25, 0.3) is 0 Å². The fourth-order valence-electron chi connectivity index (χ4n) is 1.55. The van der Waals surface area contributed by atoms with Crippen molar-refractivity contribution >= 4 is 0 Å². The zero-order chi connectivity index (χ0) is 6.69. The zero-order valence-corrected chi connectivity index (χ0v) is 6.43. The molecule has 2 N–H and O–H groups in total. The molecule has 2 heteroatoms. The Morgan fingerprint density at radius 2 is 2.44 bits per heavy atom. The third kappa shape index (κ3) is 1.95. The maximum atomic E-state index is 2.41. The van der Waals surface area contributed by atoms with E-state index in [9.17, 15) is 0 Å². The first-order valence-corrected chi connectivity index (χ1v) is 3.79. The highest BCUT2D eigenvalue weighted by Crippen LogP contribution is 2.11. The molecular weight excluding hydrogens is 112 g/mol. The van der Waals surface area contributed by atoms with E-state index < -0.39 is 0 Å². The summed E-state index contributed by atoms with van der Waals surface area (Å²) in [6, 6.07) is 0. The van der Waals surface area contributed by atoms with Gasteiger partial charge in [-0.2, -0.15) is 0 Å². The Balaban J connectivity index is 2.14. The minimum absolute atomic E-state index is 0.958. The van der Waals surface area contributed by atoms with Crippen LogP contribution in [0.5, 0.6) is 0 Å². The highest BCUT2D eigenvalue weighted by atomic mass is 15.1. The monoisotopic (exact) mass is 129 g/mol. The molecule has 1 aliphatic rings. The van der Waals surface area contributed by atoms with E-state index in [4.69, 9.17) is 0 Å². The topological polar surface area (TPSA) is 19.9 Å². The van der Waals surface area contributed by atoms with Gasteiger partial charge in [0.15, 0.2) is 0 Å². The van der Waals surface area contributed by atoms with Crippen molar-refractivity contribution in [3.63, 3.8) is 0 Å². The molecule has 1 rings (SSSR count). The lowest BCUT2D eigenvalue weighted by molar-refractivity contribution is -0.632. The Hall–Kier alpha value is -0.0800. The summed E-state index contributed by atoms with van der Waals surface area (Å²) >= 11 is 0. The molecule has 1 atom stereocenters. The highest BCUT2D eigenvalue weighted by Gasteiger charge is 2.19. The lowest BCUT2D eigenvalue weighted by Gasteiger charge is -2.06. The van der Waals surface area contributed by atoms with Crippen molar-refractivity contribution < 1.29 is 5.32 Å². The summed E-state index contributed by atoms with van der Waals surface area (Å²) in [5, 5.41) is 2.28. The summed E-state index contributed by atoms with van der Waals surface area (Å²) in [7, 11) is 4.36. The van der Waals surface area contributed by atoms with Gasteiger partial charge in [-0.05, 0) is 20.0 Å². The Bertz CT molecular complexity index is 81.0. The van der Waals surface area contributed by atoms with E-state index in [1.54, 1.807) is 0 Å². The van der Waals surface area contributed by atoms with Crippen molar-refractivity contribution in [1.82, 2.24) is 4.90 Å². The predicted octanol–water partition coefficient (Wildman–Crippen LogP) is -0.869. The first-order chi connectivity index (χ1) is 4.33. The third-order valence-electron chi connectivity index (χ3n) is 2.06. The SMILES string of the molecule is C[NH2+]CC1CCN(C)C1. The van der Waals surface area contributed by atoms with Crippen LogP contribution in [0.25, 0.3) is 0 Å². The first kappa shape index (κ1) is 7.03. The number of hydrogen-bond acceptors (Lipinski definition) is 1. The van der Waals surface area contributed by atoms with Gasteiger partial charge in [-0.1, -0.05) is 0 Å². The summed E-state index contributed by atoms with van der Waals surface area (Å²) < 4.78 is 0. The van der Waals surface area contributed by atoms with Crippen LogP contribution in [0.2, 0.25) is 0 Å². The molecule has 1 saturated heterocycles. The van der Waals surface area contributed by atoms with Crippen LogP contribution in [-0.2, 0) is 0 Å². The molecule has 1 unspecified atom stereocenters. The lowest BCUT2D eigenvalue weighted by atomic mass is 10.1. The van der Waals surface area contributed by atoms with Crippen LogP contribution in [-0.4, -0.2) is 38.6 Å². The van der Waals surface area contributed by atoms with Crippen molar-refractivity contribution in [3.8, 4) is 0 Å². The van der Waals surface area contributed by atoms with Gasteiger partial charge >= 0.3 is 0 Å². The second kappa shape index (κ2) is 3.18. The van der Waals surface area contributed by atoms with Crippen LogP contribution in [0.3, 0.4) is 0 Å². The lowest BCUT2D eigenvalue weighted by Crippen LogP contribution is -2.81. The third-order valence-corrected chi connectivity index (χ3v) is 2.06. The quantitative estimate of drug-likeness (QED) is 0.514. The number of hydrogen-bond donors (Lipinski definition) is 1. The maximum absolute atomic E-state index is 2.41. The Morgan fingerprint density at radius 1 is 1.67 bits per heavy atom. The van der Waals surface area contributed by atoms with Crippen LogP contribution in [0.4, 0.5) is 0 Å². The van der Waals surface area contributed by atoms with E-state index >= 15 is 0 Å². The molecule has 9 heavy (non-hydrogen) atoms. The molecule has 0 spiro atoms. The summed E-state index contributed by atoms with van der Waals surface area (Å²) in [6.07, 6.45) is 1.40. The van der Waals surface area contributed by atoms with Crippen LogP contribution < -0.4 is 5.32 Å². The van der Waals surface area contributed by atoms with E-state index in [2.05, 4.69) is 24.3 Å². The molecule has 54 valence electrons. The molecule has 1 heterocycles. The van der Waals surface area contributed by atoms with Crippen LogP contribution in [0, 0.1) is 5.92 Å².